The lowest BCUT2D eigenvalue weighted by atomic mass is 9.91. The molecule has 4 rings (SSSR count). The lowest BCUT2D eigenvalue weighted by Crippen LogP contribution is -2.42. The number of nitrogens with two attached hydrogens (primary N) is 1. The quantitative estimate of drug-likeness (QED) is 0.528. The SMILES string of the molecule is CCCCn1c(N)c(N(CCOC)C(=O)c2cc3c(s2)-c2ccccc2CC3)c(=O)[nH]c1=O. The third-order valence-electron chi connectivity index (χ3n) is 5.93. The Hall–Kier alpha value is -3.17. The van der Waals surface area contributed by atoms with Gasteiger partial charge in [0.05, 0.1) is 11.5 Å². The van der Waals surface area contributed by atoms with Crippen LogP contribution in [0.2, 0.25) is 0 Å². The van der Waals surface area contributed by atoms with E-state index in [4.69, 9.17) is 10.5 Å². The first kappa shape index (κ1) is 23.0. The molecule has 2 aromatic heterocycles. The average Bonchev–Trinajstić information content (AvgIpc) is 3.25. The molecule has 0 unspecified atom stereocenters. The van der Waals surface area contributed by atoms with Crippen LogP contribution >= 0.6 is 11.3 Å². The molecular formula is C24H28N4O4S. The first-order valence-electron chi connectivity index (χ1n) is 11.1. The number of nitrogens with one attached hydrogen (secondary N) is 1. The predicted molar refractivity (Wildman–Crippen MR) is 131 cm³/mol. The molecule has 3 N–H and O–H groups in total. The summed E-state index contributed by atoms with van der Waals surface area (Å²) in [5.41, 5.74) is 8.57. The van der Waals surface area contributed by atoms with E-state index in [1.807, 2.05) is 25.1 Å². The molecule has 0 saturated heterocycles. The van der Waals surface area contributed by atoms with Crippen LogP contribution in [0.4, 0.5) is 11.5 Å². The second-order valence-electron chi connectivity index (χ2n) is 8.07. The number of amides is 1. The molecule has 1 amide bonds. The molecule has 8 nitrogen and oxygen atoms in total. The highest BCUT2D eigenvalue weighted by Crippen LogP contribution is 2.40. The first-order chi connectivity index (χ1) is 16.0. The van der Waals surface area contributed by atoms with Gasteiger partial charge in [-0.05, 0) is 42.0 Å². The van der Waals surface area contributed by atoms with Gasteiger partial charge in [0.2, 0.25) is 0 Å². The largest absolute Gasteiger partial charge is 0.383 e. The molecule has 0 spiro atoms. The minimum absolute atomic E-state index is 0.00619. The number of hydrogen-bond acceptors (Lipinski definition) is 6. The maximum Gasteiger partial charge on any atom is 0.330 e. The van der Waals surface area contributed by atoms with Crippen LogP contribution in [0, 0.1) is 0 Å². The van der Waals surface area contributed by atoms with Crippen molar-refractivity contribution < 1.29 is 9.53 Å². The standard InChI is InChI=1S/C24H28N4O4S/c1-3-4-11-28-21(25)19(22(29)26-24(28)31)27(12-13-32-2)23(30)18-14-16-10-9-15-7-5-6-8-17(15)20(16)33-18/h5-8,14H,3-4,9-13,25H2,1-2H3,(H,26,29,31). The van der Waals surface area contributed by atoms with E-state index in [9.17, 15) is 14.4 Å². The minimum atomic E-state index is -0.679. The number of H-pyrrole nitrogens is 1. The molecule has 1 aliphatic rings. The number of nitrogen functional groups attached to an aromatic ring is 1. The monoisotopic (exact) mass is 468 g/mol. The minimum Gasteiger partial charge on any atom is -0.383 e. The predicted octanol–water partition coefficient (Wildman–Crippen LogP) is 3.04. The summed E-state index contributed by atoms with van der Waals surface area (Å²) < 4.78 is 6.52. The number of aryl methyl sites for hydroxylation is 2. The maximum atomic E-state index is 13.7. The van der Waals surface area contributed by atoms with Gasteiger partial charge in [-0.25, -0.2) is 4.79 Å². The summed E-state index contributed by atoms with van der Waals surface area (Å²) in [7, 11) is 1.53. The fraction of sp³-hybridized carbons (Fsp3) is 0.375. The van der Waals surface area contributed by atoms with E-state index in [0.29, 0.717) is 11.4 Å². The van der Waals surface area contributed by atoms with Crippen LogP contribution < -0.4 is 21.9 Å². The van der Waals surface area contributed by atoms with Crippen molar-refractivity contribution >= 4 is 28.7 Å². The molecule has 0 aliphatic heterocycles. The Kier molecular flexibility index (Phi) is 6.80. The van der Waals surface area contributed by atoms with E-state index in [-0.39, 0.29) is 30.6 Å². The van der Waals surface area contributed by atoms with Crippen LogP contribution in [0.1, 0.15) is 40.6 Å². The maximum absolute atomic E-state index is 13.7. The zero-order valence-corrected chi connectivity index (χ0v) is 19.7. The van der Waals surface area contributed by atoms with E-state index < -0.39 is 11.2 Å². The summed E-state index contributed by atoms with van der Waals surface area (Å²) in [5, 5.41) is 0. The van der Waals surface area contributed by atoms with E-state index in [0.717, 1.165) is 41.7 Å². The van der Waals surface area contributed by atoms with Gasteiger partial charge < -0.3 is 10.5 Å². The van der Waals surface area contributed by atoms with Crippen molar-refractivity contribution in [3.63, 3.8) is 0 Å². The molecular weight excluding hydrogens is 440 g/mol. The normalized spacial score (nSPS) is 12.3. The van der Waals surface area contributed by atoms with E-state index in [1.165, 1.54) is 33.5 Å². The number of methoxy groups -OCH3 is 1. The van der Waals surface area contributed by atoms with Gasteiger partial charge in [0.25, 0.3) is 11.5 Å². The van der Waals surface area contributed by atoms with E-state index in [2.05, 4.69) is 17.1 Å². The van der Waals surface area contributed by atoms with Crippen molar-refractivity contribution in [1.29, 1.82) is 0 Å². The number of benzene rings is 1. The highest BCUT2D eigenvalue weighted by atomic mass is 32.1. The number of carbonyl (C=O) groups is 1. The number of ether oxygens (including phenoxy) is 1. The molecule has 0 saturated carbocycles. The molecule has 1 aromatic carbocycles. The summed E-state index contributed by atoms with van der Waals surface area (Å²) in [5.74, 6) is -0.338. The highest BCUT2D eigenvalue weighted by molar-refractivity contribution is 7.17. The molecule has 1 aliphatic carbocycles. The Morgan fingerprint density at radius 1 is 1.24 bits per heavy atom. The van der Waals surface area contributed by atoms with Gasteiger partial charge in [-0.3, -0.25) is 24.0 Å². The molecule has 2 heterocycles. The second kappa shape index (κ2) is 9.76. The van der Waals surface area contributed by atoms with Crippen LogP contribution in [0.15, 0.2) is 39.9 Å². The van der Waals surface area contributed by atoms with Crippen LogP contribution in [0.3, 0.4) is 0 Å². The summed E-state index contributed by atoms with van der Waals surface area (Å²) in [6.07, 6.45) is 3.36. The molecule has 0 fully saturated rings. The van der Waals surface area contributed by atoms with Gasteiger partial charge in [0.1, 0.15) is 5.82 Å². The summed E-state index contributed by atoms with van der Waals surface area (Å²) >= 11 is 1.42. The number of aromatic amines is 1. The Balaban J connectivity index is 1.77. The van der Waals surface area contributed by atoms with Crippen molar-refractivity contribution in [1.82, 2.24) is 9.55 Å². The number of fused-ring (bicyclic) bond motifs is 3. The molecule has 0 radical (unpaired) electrons. The van der Waals surface area contributed by atoms with Crippen molar-refractivity contribution in [3.05, 3.63) is 67.2 Å². The first-order valence-corrected chi connectivity index (χ1v) is 11.9. The van der Waals surface area contributed by atoms with Gasteiger partial charge in [-0.1, -0.05) is 37.6 Å². The van der Waals surface area contributed by atoms with Crippen LogP contribution in [-0.4, -0.2) is 35.7 Å². The number of hydrogen-bond donors (Lipinski definition) is 2. The fourth-order valence-electron chi connectivity index (χ4n) is 4.18. The molecule has 9 heteroatoms. The van der Waals surface area contributed by atoms with E-state index in [1.54, 1.807) is 0 Å². The number of anilines is 2. The zero-order valence-electron chi connectivity index (χ0n) is 18.8. The highest BCUT2D eigenvalue weighted by Gasteiger charge is 2.28. The summed E-state index contributed by atoms with van der Waals surface area (Å²) in [6.45, 7) is 2.71. The Labute approximate surface area is 195 Å². The number of unbranched alkanes of at least 4 members (excludes halogenated alkanes) is 1. The number of nitrogens with zero attached hydrogens (tertiary/aromatic N) is 2. The molecule has 33 heavy (non-hydrogen) atoms. The third kappa shape index (κ3) is 4.38. The zero-order chi connectivity index (χ0) is 23.5. The molecule has 3 aromatic rings. The Bertz CT molecular complexity index is 1290. The van der Waals surface area contributed by atoms with Gasteiger partial charge in [0, 0.05) is 25.1 Å². The topological polar surface area (TPSA) is 110 Å². The van der Waals surface area contributed by atoms with Crippen molar-refractivity contribution in [2.75, 3.05) is 30.9 Å². The van der Waals surface area contributed by atoms with Gasteiger partial charge >= 0.3 is 5.69 Å². The van der Waals surface area contributed by atoms with Crippen molar-refractivity contribution in [3.8, 4) is 10.4 Å². The second-order valence-corrected chi connectivity index (χ2v) is 9.12. The number of carbonyl (C=O) groups excluding carboxylic acids is 1. The molecule has 174 valence electrons. The van der Waals surface area contributed by atoms with Crippen LogP contribution in [0.5, 0.6) is 0 Å². The number of thiophene rings is 1. The Morgan fingerprint density at radius 2 is 2.00 bits per heavy atom. The van der Waals surface area contributed by atoms with Crippen molar-refractivity contribution in [2.45, 2.75) is 39.2 Å². The van der Waals surface area contributed by atoms with Gasteiger partial charge in [0.15, 0.2) is 5.69 Å². The smallest absolute Gasteiger partial charge is 0.330 e. The fourth-order valence-corrected chi connectivity index (χ4v) is 5.40. The van der Waals surface area contributed by atoms with Gasteiger partial charge in [-0.2, -0.15) is 0 Å². The summed E-state index contributed by atoms with van der Waals surface area (Å²) in [6, 6.07) is 10.1. The van der Waals surface area contributed by atoms with Crippen LogP contribution in [-0.2, 0) is 24.1 Å². The Morgan fingerprint density at radius 3 is 2.76 bits per heavy atom. The average molecular weight is 469 g/mol. The van der Waals surface area contributed by atoms with E-state index >= 15 is 0 Å². The molecule has 0 bridgehead atoms. The lowest BCUT2D eigenvalue weighted by molar-refractivity contribution is 0.0979. The van der Waals surface area contributed by atoms with Crippen LogP contribution in [0.25, 0.3) is 10.4 Å². The lowest BCUT2D eigenvalue weighted by Gasteiger charge is -2.23. The summed E-state index contributed by atoms with van der Waals surface area (Å²) in [4.78, 5) is 44.1. The van der Waals surface area contributed by atoms with Crippen molar-refractivity contribution in [2.24, 2.45) is 0 Å². The third-order valence-corrected chi connectivity index (χ3v) is 7.13. The molecule has 0 atom stereocenters. The van der Waals surface area contributed by atoms with Gasteiger partial charge in [-0.15, -0.1) is 11.3 Å². The number of rotatable bonds is 8. The number of aromatic nitrogens is 2.